The molecular weight excluding hydrogens is 310 g/mol. The maximum Gasteiger partial charge on any atom is 0.259 e. The van der Waals surface area contributed by atoms with Crippen molar-refractivity contribution in [1.82, 2.24) is 5.43 Å². The van der Waals surface area contributed by atoms with Crippen molar-refractivity contribution in [3.63, 3.8) is 0 Å². The molecule has 0 heterocycles. The van der Waals surface area contributed by atoms with Gasteiger partial charge in [-0.3, -0.25) is 4.79 Å². The van der Waals surface area contributed by atoms with Gasteiger partial charge in [0.25, 0.3) is 5.91 Å². The SMILES string of the molecule is C/C(=N/NC(=O)CNc1cccc(C)c1)c1ccc(C(C)(C)C)cc1. The highest BCUT2D eigenvalue weighted by molar-refractivity contribution is 5.99. The van der Waals surface area contributed by atoms with Crippen molar-refractivity contribution in [2.45, 2.75) is 40.0 Å². The van der Waals surface area contributed by atoms with Crippen LogP contribution in [0.5, 0.6) is 0 Å². The van der Waals surface area contributed by atoms with Gasteiger partial charge in [-0.05, 0) is 48.1 Å². The Labute approximate surface area is 150 Å². The molecule has 0 aliphatic carbocycles. The first kappa shape index (κ1) is 18.7. The van der Waals surface area contributed by atoms with Gasteiger partial charge in [0.1, 0.15) is 0 Å². The number of nitrogens with one attached hydrogen (secondary N) is 2. The van der Waals surface area contributed by atoms with E-state index in [0.717, 1.165) is 22.5 Å². The third-order valence-corrected chi connectivity index (χ3v) is 3.99. The molecule has 0 fully saturated rings. The van der Waals surface area contributed by atoms with Gasteiger partial charge in [0.2, 0.25) is 0 Å². The summed E-state index contributed by atoms with van der Waals surface area (Å²) in [7, 11) is 0. The van der Waals surface area contributed by atoms with Crippen LogP contribution in [0.15, 0.2) is 53.6 Å². The van der Waals surface area contributed by atoms with E-state index in [1.807, 2.05) is 50.2 Å². The van der Waals surface area contributed by atoms with Crippen LogP contribution in [0.3, 0.4) is 0 Å². The second-order valence-electron chi connectivity index (χ2n) is 7.28. The molecule has 0 aliphatic rings. The smallest absolute Gasteiger partial charge is 0.259 e. The van der Waals surface area contributed by atoms with Gasteiger partial charge in [0.15, 0.2) is 0 Å². The summed E-state index contributed by atoms with van der Waals surface area (Å²) in [5.74, 6) is -0.174. The summed E-state index contributed by atoms with van der Waals surface area (Å²) in [6.07, 6.45) is 0. The van der Waals surface area contributed by atoms with Gasteiger partial charge in [0, 0.05) is 5.69 Å². The number of amides is 1. The second-order valence-corrected chi connectivity index (χ2v) is 7.28. The van der Waals surface area contributed by atoms with E-state index in [2.05, 4.69) is 48.7 Å². The molecule has 0 radical (unpaired) electrons. The number of carbonyl (C=O) groups excluding carboxylic acids is 1. The van der Waals surface area contributed by atoms with Gasteiger partial charge in [-0.25, -0.2) is 5.43 Å². The normalized spacial score (nSPS) is 12.0. The number of rotatable bonds is 5. The van der Waals surface area contributed by atoms with E-state index in [-0.39, 0.29) is 17.9 Å². The van der Waals surface area contributed by atoms with Gasteiger partial charge in [-0.15, -0.1) is 0 Å². The van der Waals surface area contributed by atoms with Crippen molar-refractivity contribution in [1.29, 1.82) is 0 Å². The molecule has 0 saturated heterocycles. The quantitative estimate of drug-likeness (QED) is 0.633. The molecule has 1 amide bonds. The minimum Gasteiger partial charge on any atom is -0.376 e. The highest BCUT2D eigenvalue weighted by Crippen LogP contribution is 2.22. The van der Waals surface area contributed by atoms with Crippen molar-refractivity contribution in [2.75, 3.05) is 11.9 Å². The van der Waals surface area contributed by atoms with Gasteiger partial charge in [0.05, 0.1) is 12.3 Å². The van der Waals surface area contributed by atoms with E-state index >= 15 is 0 Å². The average molecular weight is 337 g/mol. The summed E-state index contributed by atoms with van der Waals surface area (Å²) < 4.78 is 0. The first-order valence-corrected chi connectivity index (χ1v) is 8.50. The van der Waals surface area contributed by atoms with E-state index < -0.39 is 0 Å². The molecule has 0 aromatic heterocycles. The molecule has 132 valence electrons. The summed E-state index contributed by atoms with van der Waals surface area (Å²) in [6.45, 7) is 10.6. The second kappa shape index (κ2) is 7.97. The number of nitrogens with zero attached hydrogens (tertiary/aromatic N) is 1. The van der Waals surface area contributed by atoms with Gasteiger partial charge in [-0.1, -0.05) is 57.2 Å². The lowest BCUT2D eigenvalue weighted by Gasteiger charge is -2.19. The van der Waals surface area contributed by atoms with Crippen molar-refractivity contribution in [2.24, 2.45) is 5.10 Å². The summed E-state index contributed by atoms with van der Waals surface area (Å²) >= 11 is 0. The number of anilines is 1. The molecule has 2 aromatic rings. The number of benzene rings is 2. The van der Waals surface area contributed by atoms with Gasteiger partial charge in [-0.2, -0.15) is 5.10 Å². The van der Waals surface area contributed by atoms with E-state index in [1.165, 1.54) is 5.56 Å². The van der Waals surface area contributed by atoms with E-state index in [9.17, 15) is 4.79 Å². The lowest BCUT2D eigenvalue weighted by atomic mass is 9.86. The molecule has 0 saturated carbocycles. The number of hydrogen-bond donors (Lipinski definition) is 2. The molecule has 2 N–H and O–H groups in total. The largest absolute Gasteiger partial charge is 0.376 e. The van der Waals surface area contributed by atoms with Crippen LogP contribution >= 0.6 is 0 Å². The third kappa shape index (κ3) is 5.75. The van der Waals surface area contributed by atoms with Crippen LogP contribution in [0.2, 0.25) is 0 Å². The van der Waals surface area contributed by atoms with Crippen LogP contribution in [0.4, 0.5) is 5.69 Å². The minimum absolute atomic E-state index is 0.124. The van der Waals surface area contributed by atoms with Crippen molar-refractivity contribution in [3.05, 3.63) is 65.2 Å². The van der Waals surface area contributed by atoms with Gasteiger partial charge < -0.3 is 5.32 Å². The third-order valence-electron chi connectivity index (χ3n) is 3.99. The Bertz CT molecular complexity index is 755. The average Bonchev–Trinajstić information content (AvgIpc) is 2.57. The zero-order chi connectivity index (χ0) is 18.4. The fourth-order valence-corrected chi connectivity index (χ4v) is 2.40. The van der Waals surface area contributed by atoms with Crippen molar-refractivity contribution < 1.29 is 4.79 Å². The number of hydrazone groups is 1. The number of carbonyl (C=O) groups is 1. The Morgan fingerprint density at radius 3 is 2.36 bits per heavy atom. The standard InChI is InChI=1S/C21H27N3O/c1-15-7-6-8-19(13-15)22-14-20(25)24-23-16(2)17-9-11-18(12-10-17)21(3,4)5/h6-13,22H,14H2,1-5H3,(H,24,25)/b23-16-. The lowest BCUT2D eigenvalue weighted by Crippen LogP contribution is -2.26. The molecule has 4 nitrogen and oxygen atoms in total. The Morgan fingerprint density at radius 2 is 1.76 bits per heavy atom. The number of hydrogen-bond acceptors (Lipinski definition) is 3. The van der Waals surface area contributed by atoms with Crippen LogP contribution in [0, 0.1) is 6.92 Å². The van der Waals surface area contributed by atoms with Crippen molar-refractivity contribution in [3.8, 4) is 0 Å². The van der Waals surface area contributed by atoms with Crippen LogP contribution in [0.25, 0.3) is 0 Å². The first-order chi connectivity index (χ1) is 11.8. The molecule has 0 bridgehead atoms. The molecule has 0 aliphatic heterocycles. The van der Waals surface area contributed by atoms with Crippen molar-refractivity contribution >= 4 is 17.3 Å². The van der Waals surface area contributed by atoms with E-state index in [0.29, 0.717) is 0 Å². The molecule has 2 rings (SSSR count). The Kier molecular flexibility index (Phi) is 5.97. The maximum absolute atomic E-state index is 11.9. The fourth-order valence-electron chi connectivity index (χ4n) is 2.40. The zero-order valence-corrected chi connectivity index (χ0v) is 15.7. The molecular formula is C21H27N3O. The highest BCUT2D eigenvalue weighted by atomic mass is 16.2. The van der Waals surface area contributed by atoms with E-state index in [1.54, 1.807) is 0 Å². The summed E-state index contributed by atoms with van der Waals surface area (Å²) in [5.41, 5.74) is 7.85. The zero-order valence-electron chi connectivity index (χ0n) is 15.7. The van der Waals surface area contributed by atoms with Gasteiger partial charge >= 0.3 is 0 Å². The maximum atomic E-state index is 11.9. The summed E-state index contributed by atoms with van der Waals surface area (Å²) in [5, 5.41) is 7.28. The van der Waals surface area contributed by atoms with Crippen LogP contribution in [0.1, 0.15) is 44.4 Å². The van der Waals surface area contributed by atoms with E-state index in [4.69, 9.17) is 0 Å². The molecule has 0 spiro atoms. The fraction of sp³-hybridized carbons (Fsp3) is 0.333. The van der Waals surface area contributed by atoms with Crippen LogP contribution < -0.4 is 10.7 Å². The molecule has 25 heavy (non-hydrogen) atoms. The summed E-state index contributed by atoms with van der Waals surface area (Å²) in [4.78, 5) is 11.9. The molecule has 4 heteroatoms. The number of aryl methyl sites for hydroxylation is 1. The van der Waals surface area contributed by atoms with Crippen LogP contribution in [-0.2, 0) is 10.2 Å². The summed E-state index contributed by atoms with van der Waals surface area (Å²) in [6, 6.07) is 16.2. The Morgan fingerprint density at radius 1 is 1.08 bits per heavy atom. The minimum atomic E-state index is -0.174. The lowest BCUT2D eigenvalue weighted by molar-refractivity contribution is -0.119. The molecule has 2 aromatic carbocycles. The highest BCUT2D eigenvalue weighted by Gasteiger charge is 2.13. The predicted octanol–water partition coefficient (Wildman–Crippen LogP) is 4.24. The first-order valence-electron chi connectivity index (χ1n) is 8.50. The Hall–Kier alpha value is -2.62. The van der Waals surface area contributed by atoms with Crippen LogP contribution in [-0.4, -0.2) is 18.2 Å². The monoisotopic (exact) mass is 337 g/mol. The molecule has 0 atom stereocenters. The topological polar surface area (TPSA) is 53.5 Å². The predicted molar refractivity (Wildman–Crippen MR) is 105 cm³/mol. The molecule has 0 unspecified atom stereocenters. The Balaban J connectivity index is 1.90.